The Morgan fingerprint density at radius 2 is 1.89 bits per heavy atom. The number of hydrogen-bond donors (Lipinski definition) is 0. The second-order valence-corrected chi connectivity index (χ2v) is 8.46. The maximum atomic E-state index is 12.6. The Balaban J connectivity index is 2.95. The quantitative estimate of drug-likeness (QED) is 0.366. The first kappa shape index (κ1) is 23.5. The van der Waals surface area contributed by atoms with Crippen LogP contribution in [0.25, 0.3) is 0 Å². The second kappa shape index (κ2) is 12.0. The molecule has 0 fully saturated rings. The standard InChI is InChI=1S/C24H38O3/c1-6-8-21(23(7-2)24(27)14-19(5)25)15-20-12-11-17(3)9-10-18(4)13-22(26)16-20/h9,13,20-21,23H,6-8,10-12,14-16H2,1-5H3/b17-9?,18-13+. The van der Waals surface area contributed by atoms with Crippen LogP contribution in [0.1, 0.15) is 92.4 Å². The van der Waals surface area contributed by atoms with E-state index < -0.39 is 0 Å². The lowest BCUT2D eigenvalue weighted by atomic mass is 9.75. The molecule has 1 aliphatic rings. The molecule has 27 heavy (non-hydrogen) atoms. The van der Waals surface area contributed by atoms with Gasteiger partial charge in [0.05, 0.1) is 6.42 Å². The van der Waals surface area contributed by atoms with Crippen LogP contribution in [0.2, 0.25) is 0 Å². The van der Waals surface area contributed by atoms with Gasteiger partial charge in [0.1, 0.15) is 11.6 Å². The van der Waals surface area contributed by atoms with Crippen LogP contribution in [0.15, 0.2) is 23.3 Å². The Morgan fingerprint density at radius 3 is 2.48 bits per heavy atom. The molecule has 1 rings (SSSR count). The van der Waals surface area contributed by atoms with E-state index in [0.717, 1.165) is 50.5 Å². The van der Waals surface area contributed by atoms with Crippen LogP contribution < -0.4 is 0 Å². The van der Waals surface area contributed by atoms with E-state index in [-0.39, 0.29) is 35.6 Å². The molecule has 0 heterocycles. The van der Waals surface area contributed by atoms with Crippen LogP contribution in [-0.4, -0.2) is 17.3 Å². The molecular weight excluding hydrogens is 336 g/mol. The molecule has 0 aromatic rings. The van der Waals surface area contributed by atoms with Gasteiger partial charge in [-0.3, -0.25) is 14.4 Å². The van der Waals surface area contributed by atoms with E-state index in [4.69, 9.17) is 0 Å². The van der Waals surface area contributed by atoms with Crippen LogP contribution in [-0.2, 0) is 14.4 Å². The maximum absolute atomic E-state index is 12.6. The second-order valence-electron chi connectivity index (χ2n) is 8.46. The van der Waals surface area contributed by atoms with Crippen LogP contribution in [0.5, 0.6) is 0 Å². The predicted molar refractivity (Wildman–Crippen MR) is 112 cm³/mol. The van der Waals surface area contributed by atoms with E-state index >= 15 is 0 Å². The summed E-state index contributed by atoms with van der Waals surface area (Å²) in [6, 6.07) is 0. The molecule has 0 aromatic heterocycles. The van der Waals surface area contributed by atoms with Crippen molar-refractivity contribution in [3.8, 4) is 0 Å². The van der Waals surface area contributed by atoms with Gasteiger partial charge in [0.25, 0.3) is 0 Å². The van der Waals surface area contributed by atoms with Crippen molar-refractivity contribution >= 4 is 17.3 Å². The molecule has 3 nitrogen and oxygen atoms in total. The zero-order valence-electron chi connectivity index (χ0n) is 18.0. The summed E-state index contributed by atoms with van der Waals surface area (Å²) in [5, 5.41) is 0. The molecule has 152 valence electrons. The molecule has 0 spiro atoms. The third-order valence-electron chi connectivity index (χ3n) is 5.76. The van der Waals surface area contributed by atoms with Crippen molar-refractivity contribution in [1.29, 1.82) is 0 Å². The molecule has 0 aromatic carbocycles. The molecule has 0 bridgehead atoms. The number of rotatable bonds is 9. The molecule has 3 unspecified atom stereocenters. The summed E-state index contributed by atoms with van der Waals surface area (Å²) in [4.78, 5) is 36.5. The fraction of sp³-hybridized carbons (Fsp3) is 0.708. The normalized spacial score (nSPS) is 23.0. The predicted octanol–water partition coefficient (Wildman–Crippen LogP) is 6.02. The SMILES string of the molecule is CCCC(CC1CCC(C)=CC/C(C)=C/C(=O)C1)C(CC)C(=O)CC(C)=O. The lowest BCUT2D eigenvalue weighted by Crippen LogP contribution is -2.27. The highest BCUT2D eigenvalue weighted by Crippen LogP contribution is 2.33. The minimum atomic E-state index is -0.0618. The summed E-state index contributed by atoms with van der Waals surface area (Å²) in [7, 11) is 0. The van der Waals surface area contributed by atoms with Gasteiger partial charge in [-0.25, -0.2) is 0 Å². The summed E-state index contributed by atoms with van der Waals surface area (Å²) in [6.07, 6.45) is 11.2. The van der Waals surface area contributed by atoms with Crippen molar-refractivity contribution < 1.29 is 14.4 Å². The van der Waals surface area contributed by atoms with Crippen molar-refractivity contribution in [2.45, 2.75) is 92.4 Å². The van der Waals surface area contributed by atoms with Crippen LogP contribution >= 0.6 is 0 Å². The lowest BCUT2D eigenvalue weighted by Gasteiger charge is -2.29. The average molecular weight is 375 g/mol. The van der Waals surface area contributed by atoms with Gasteiger partial charge < -0.3 is 0 Å². The summed E-state index contributed by atoms with van der Waals surface area (Å²) in [6.45, 7) is 9.87. The van der Waals surface area contributed by atoms with Gasteiger partial charge in [-0.1, -0.05) is 43.9 Å². The Kier molecular flexibility index (Phi) is 10.5. The number of Topliss-reactive ketones (excluding diaryl/α,β-unsaturated/α-hetero) is 2. The first-order chi connectivity index (χ1) is 12.8. The minimum Gasteiger partial charge on any atom is -0.300 e. The van der Waals surface area contributed by atoms with E-state index in [0.29, 0.717) is 12.3 Å². The van der Waals surface area contributed by atoms with E-state index in [1.807, 2.05) is 13.8 Å². The molecule has 3 atom stereocenters. The summed E-state index contributed by atoms with van der Waals surface area (Å²) in [5.41, 5.74) is 2.50. The number of hydrogen-bond acceptors (Lipinski definition) is 3. The molecule has 0 aliphatic heterocycles. The third-order valence-corrected chi connectivity index (χ3v) is 5.76. The molecular formula is C24H38O3. The lowest BCUT2D eigenvalue weighted by molar-refractivity contribution is -0.129. The largest absolute Gasteiger partial charge is 0.300 e. The van der Waals surface area contributed by atoms with Crippen LogP contribution in [0.4, 0.5) is 0 Å². The first-order valence-electron chi connectivity index (χ1n) is 10.6. The Bertz CT molecular complexity index is 582. The summed E-state index contributed by atoms with van der Waals surface area (Å²) >= 11 is 0. The van der Waals surface area contributed by atoms with Gasteiger partial charge in [-0.15, -0.1) is 0 Å². The monoisotopic (exact) mass is 374 g/mol. The van der Waals surface area contributed by atoms with Crippen molar-refractivity contribution in [2.75, 3.05) is 0 Å². The number of allylic oxidation sites excluding steroid dienone is 4. The van der Waals surface area contributed by atoms with Gasteiger partial charge in [0.2, 0.25) is 0 Å². The highest BCUT2D eigenvalue weighted by molar-refractivity contribution is 5.99. The van der Waals surface area contributed by atoms with Crippen LogP contribution in [0, 0.1) is 17.8 Å². The summed E-state index contributed by atoms with van der Waals surface area (Å²) < 4.78 is 0. The fourth-order valence-corrected chi connectivity index (χ4v) is 4.33. The number of carbonyl (C=O) groups excluding carboxylic acids is 3. The van der Waals surface area contributed by atoms with Gasteiger partial charge in [0.15, 0.2) is 5.78 Å². The Labute approximate surface area is 165 Å². The first-order valence-corrected chi connectivity index (χ1v) is 10.6. The van der Waals surface area contributed by atoms with Crippen molar-refractivity contribution in [2.24, 2.45) is 17.8 Å². The molecule has 0 N–H and O–H groups in total. The van der Waals surface area contributed by atoms with Gasteiger partial charge in [-0.05, 0) is 70.8 Å². The van der Waals surface area contributed by atoms with Gasteiger partial charge >= 0.3 is 0 Å². The zero-order chi connectivity index (χ0) is 20.4. The number of ketones is 3. The highest BCUT2D eigenvalue weighted by Gasteiger charge is 2.29. The fourth-order valence-electron chi connectivity index (χ4n) is 4.33. The van der Waals surface area contributed by atoms with Crippen molar-refractivity contribution in [3.05, 3.63) is 23.3 Å². The Hall–Kier alpha value is -1.51. The van der Waals surface area contributed by atoms with E-state index in [1.165, 1.54) is 12.5 Å². The van der Waals surface area contributed by atoms with Gasteiger partial charge in [-0.2, -0.15) is 0 Å². The smallest absolute Gasteiger partial charge is 0.155 e. The third kappa shape index (κ3) is 8.81. The minimum absolute atomic E-state index is 0.0477. The maximum Gasteiger partial charge on any atom is 0.155 e. The van der Waals surface area contributed by atoms with E-state index in [2.05, 4.69) is 19.9 Å². The topological polar surface area (TPSA) is 51.2 Å². The Morgan fingerprint density at radius 1 is 1.19 bits per heavy atom. The van der Waals surface area contributed by atoms with Gasteiger partial charge in [0, 0.05) is 12.3 Å². The van der Waals surface area contributed by atoms with E-state index in [9.17, 15) is 14.4 Å². The van der Waals surface area contributed by atoms with Crippen molar-refractivity contribution in [1.82, 2.24) is 0 Å². The highest BCUT2D eigenvalue weighted by atomic mass is 16.1. The number of carbonyl (C=O) groups is 3. The average Bonchev–Trinajstić information content (AvgIpc) is 2.57. The molecule has 3 heteroatoms. The zero-order valence-corrected chi connectivity index (χ0v) is 18.0. The van der Waals surface area contributed by atoms with Crippen LogP contribution in [0.3, 0.4) is 0 Å². The molecule has 0 saturated heterocycles. The summed E-state index contributed by atoms with van der Waals surface area (Å²) in [5.74, 6) is 0.753. The molecule has 0 amide bonds. The molecule has 0 saturated carbocycles. The molecule has 1 aliphatic carbocycles. The van der Waals surface area contributed by atoms with E-state index in [1.54, 1.807) is 6.08 Å². The molecule has 0 radical (unpaired) electrons. The van der Waals surface area contributed by atoms with Crippen molar-refractivity contribution in [3.63, 3.8) is 0 Å².